The van der Waals surface area contributed by atoms with Gasteiger partial charge in [0.05, 0.1) is 13.0 Å². The minimum Gasteiger partial charge on any atom is -0.496 e. The third kappa shape index (κ3) is 4.09. The van der Waals surface area contributed by atoms with Crippen LogP contribution in [0.3, 0.4) is 0 Å². The Kier molecular flexibility index (Phi) is 5.85. The molecule has 0 spiro atoms. The molecule has 2 amide bonds. The highest BCUT2D eigenvalue weighted by Crippen LogP contribution is 2.35. The first-order valence-corrected chi connectivity index (χ1v) is 10.8. The van der Waals surface area contributed by atoms with Gasteiger partial charge in [0.15, 0.2) is 0 Å². The number of amides is 2. The van der Waals surface area contributed by atoms with Crippen LogP contribution in [-0.2, 0) is 4.79 Å². The van der Waals surface area contributed by atoms with Crippen molar-refractivity contribution in [2.75, 3.05) is 44.7 Å². The number of carbonyl (C=O) groups is 2. The van der Waals surface area contributed by atoms with Crippen LogP contribution in [-0.4, -0.2) is 61.5 Å². The summed E-state index contributed by atoms with van der Waals surface area (Å²) in [5.41, 5.74) is 3.74. The minimum absolute atomic E-state index is 0.0120. The molecule has 0 radical (unpaired) electrons. The topological polar surface area (TPSA) is 74.8 Å². The van der Waals surface area contributed by atoms with Crippen molar-refractivity contribution in [3.8, 4) is 5.75 Å². The number of nitrogens with zero attached hydrogens (tertiary/aromatic N) is 3. The Morgan fingerprint density at radius 1 is 1.16 bits per heavy atom. The standard InChI is InChI=1S/C24H30N4O3/c1-15-11-16(2)22(25-13-15)27-7-9-28(10-8-27)24(30)18-5-6-19(20(12-18)31-4)21-17(3)14-26-23(21)29/h5-6,11-13,17,21H,7-10,14H2,1-4H3,(H,26,29)/t17?,21-/m1/s1. The summed E-state index contributed by atoms with van der Waals surface area (Å²) in [5, 5.41) is 2.90. The number of hydrogen-bond acceptors (Lipinski definition) is 5. The molecule has 1 unspecified atom stereocenters. The normalized spacial score (nSPS) is 21.2. The van der Waals surface area contributed by atoms with Crippen molar-refractivity contribution in [2.45, 2.75) is 26.7 Å². The third-order valence-electron chi connectivity index (χ3n) is 6.32. The smallest absolute Gasteiger partial charge is 0.254 e. The van der Waals surface area contributed by atoms with Gasteiger partial charge >= 0.3 is 0 Å². The van der Waals surface area contributed by atoms with Gasteiger partial charge in [-0.2, -0.15) is 0 Å². The zero-order valence-corrected chi connectivity index (χ0v) is 18.6. The predicted octanol–water partition coefficient (Wildman–Crippen LogP) is 2.52. The Hall–Kier alpha value is -3.09. The van der Waals surface area contributed by atoms with Crippen LogP contribution < -0.4 is 15.0 Å². The summed E-state index contributed by atoms with van der Waals surface area (Å²) < 4.78 is 5.56. The van der Waals surface area contributed by atoms with Gasteiger partial charge in [-0.15, -0.1) is 0 Å². The van der Waals surface area contributed by atoms with Gasteiger partial charge in [0.25, 0.3) is 5.91 Å². The van der Waals surface area contributed by atoms with E-state index < -0.39 is 0 Å². The largest absolute Gasteiger partial charge is 0.496 e. The van der Waals surface area contributed by atoms with Crippen LogP contribution in [0.2, 0.25) is 0 Å². The number of rotatable bonds is 4. The maximum atomic E-state index is 13.1. The van der Waals surface area contributed by atoms with E-state index in [0.717, 1.165) is 35.6 Å². The average Bonchev–Trinajstić information content (AvgIpc) is 3.11. The Morgan fingerprint density at radius 3 is 2.52 bits per heavy atom. The zero-order chi connectivity index (χ0) is 22.1. The molecule has 3 heterocycles. The number of nitrogens with one attached hydrogen (secondary N) is 1. The van der Waals surface area contributed by atoms with Crippen LogP contribution >= 0.6 is 0 Å². The molecule has 1 N–H and O–H groups in total. The van der Waals surface area contributed by atoms with Crippen LogP contribution in [0, 0.1) is 19.8 Å². The van der Waals surface area contributed by atoms with E-state index in [0.29, 0.717) is 30.9 Å². The lowest BCUT2D eigenvalue weighted by atomic mass is 9.88. The Bertz CT molecular complexity index is 998. The number of ether oxygens (including phenoxy) is 1. The number of piperazine rings is 1. The number of methoxy groups -OCH3 is 1. The molecule has 2 atom stereocenters. The highest BCUT2D eigenvalue weighted by Gasteiger charge is 2.35. The van der Waals surface area contributed by atoms with Crippen molar-refractivity contribution in [2.24, 2.45) is 5.92 Å². The Morgan fingerprint density at radius 2 is 1.90 bits per heavy atom. The molecule has 0 aliphatic carbocycles. The molecule has 2 aromatic rings. The summed E-state index contributed by atoms with van der Waals surface area (Å²) in [5.74, 6) is 1.54. The van der Waals surface area contributed by atoms with Crippen LogP contribution in [0.1, 0.15) is 39.9 Å². The first-order chi connectivity index (χ1) is 14.9. The number of benzene rings is 1. The maximum Gasteiger partial charge on any atom is 0.254 e. The molecular weight excluding hydrogens is 392 g/mol. The fourth-order valence-corrected chi connectivity index (χ4v) is 4.64. The first kappa shape index (κ1) is 21.2. The number of anilines is 1. The molecule has 31 heavy (non-hydrogen) atoms. The monoisotopic (exact) mass is 422 g/mol. The number of aryl methyl sites for hydroxylation is 2. The lowest BCUT2D eigenvalue weighted by Crippen LogP contribution is -2.49. The quantitative estimate of drug-likeness (QED) is 0.820. The van der Waals surface area contributed by atoms with Gasteiger partial charge in [-0.3, -0.25) is 9.59 Å². The highest BCUT2D eigenvalue weighted by atomic mass is 16.5. The van der Waals surface area contributed by atoms with Gasteiger partial charge in [-0.05, 0) is 43.0 Å². The predicted molar refractivity (Wildman–Crippen MR) is 120 cm³/mol. The van der Waals surface area contributed by atoms with Crippen LogP contribution in [0.4, 0.5) is 5.82 Å². The summed E-state index contributed by atoms with van der Waals surface area (Å²) >= 11 is 0. The SMILES string of the molecule is COc1cc(C(=O)N2CCN(c3ncc(C)cc3C)CC2)ccc1[C@@H]1C(=O)NCC1C. The number of hydrogen-bond donors (Lipinski definition) is 1. The Balaban J connectivity index is 1.47. The molecule has 0 saturated carbocycles. The number of carbonyl (C=O) groups excluding carboxylic acids is 2. The van der Waals surface area contributed by atoms with E-state index in [1.165, 1.54) is 0 Å². The second kappa shape index (κ2) is 8.57. The average molecular weight is 423 g/mol. The van der Waals surface area contributed by atoms with E-state index in [2.05, 4.69) is 28.2 Å². The van der Waals surface area contributed by atoms with Gasteiger partial charge in [0.1, 0.15) is 11.6 Å². The van der Waals surface area contributed by atoms with Gasteiger partial charge < -0.3 is 19.9 Å². The van der Waals surface area contributed by atoms with Crippen molar-refractivity contribution < 1.29 is 14.3 Å². The van der Waals surface area contributed by atoms with E-state index in [1.807, 2.05) is 37.1 Å². The molecule has 7 nitrogen and oxygen atoms in total. The first-order valence-electron chi connectivity index (χ1n) is 10.8. The lowest BCUT2D eigenvalue weighted by Gasteiger charge is -2.36. The molecule has 1 aromatic heterocycles. The summed E-state index contributed by atoms with van der Waals surface area (Å²) in [7, 11) is 1.58. The van der Waals surface area contributed by atoms with E-state index in [4.69, 9.17) is 4.74 Å². The second-order valence-electron chi connectivity index (χ2n) is 8.59. The molecule has 1 aromatic carbocycles. The van der Waals surface area contributed by atoms with Crippen molar-refractivity contribution in [1.82, 2.24) is 15.2 Å². The van der Waals surface area contributed by atoms with Gasteiger partial charge in [-0.25, -0.2) is 4.98 Å². The van der Waals surface area contributed by atoms with Gasteiger partial charge in [-0.1, -0.05) is 19.1 Å². The van der Waals surface area contributed by atoms with Gasteiger partial charge in [0, 0.05) is 50.0 Å². The maximum absolute atomic E-state index is 13.1. The Labute approximate surface area is 183 Å². The summed E-state index contributed by atoms with van der Waals surface area (Å²) in [6, 6.07) is 7.59. The van der Waals surface area contributed by atoms with Crippen LogP contribution in [0.25, 0.3) is 0 Å². The van der Waals surface area contributed by atoms with E-state index in [1.54, 1.807) is 13.2 Å². The fraction of sp³-hybridized carbons (Fsp3) is 0.458. The molecule has 2 aliphatic heterocycles. The lowest BCUT2D eigenvalue weighted by molar-refractivity contribution is -0.120. The molecule has 2 aliphatic rings. The number of pyridine rings is 1. The van der Waals surface area contributed by atoms with Crippen molar-refractivity contribution in [1.29, 1.82) is 0 Å². The molecule has 2 fully saturated rings. The summed E-state index contributed by atoms with van der Waals surface area (Å²) in [6.07, 6.45) is 1.89. The van der Waals surface area contributed by atoms with Gasteiger partial charge in [0.2, 0.25) is 5.91 Å². The molecule has 7 heteroatoms. The van der Waals surface area contributed by atoms with Crippen molar-refractivity contribution in [3.05, 3.63) is 52.7 Å². The fourth-order valence-electron chi connectivity index (χ4n) is 4.64. The van der Waals surface area contributed by atoms with Crippen LogP contribution in [0.15, 0.2) is 30.5 Å². The van der Waals surface area contributed by atoms with E-state index >= 15 is 0 Å². The molecule has 164 valence electrons. The summed E-state index contributed by atoms with van der Waals surface area (Å²) in [4.78, 5) is 34.1. The number of aromatic nitrogens is 1. The third-order valence-corrected chi connectivity index (χ3v) is 6.32. The second-order valence-corrected chi connectivity index (χ2v) is 8.59. The van der Waals surface area contributed by atoms with Crippen LogP contribution in [0.5, 0.6) is 5.75 Å². The highest BCUT2D eigenvalue weighted by molar-refractivity contribution is 5.95. The van der Waals surface area contributed by atoms with Crippen molar-refractivity contribution >= 4 is 17.6 Å². The minimum atomic E-state index is -0.243. The molecule has 4 rings (SSSR count). The summed E-state index contributed by atoms with van der Waals surface area (Å²) in [6.45, 7) is 9.60. The molecule has 0 bridgehead atoms. The van der Waals surface area contributed by atoms with Crippen molar-refractivity contribution in [3.63, 3.8) is 0 Å². The molecular formula is C24H30N4O3. The molecule has 2 saturated heterocycles. The zero-order valence-electron chi connectivity index (χ0n) is 18.6. The van der Waals surface area contributed by atoms with E-state index in [-0.39, 0.29) is 23.7 Å². The van der Waals surface area contributed by atoms with E-state index in [9.17, 15) is 9.59 Å².